The normalized spacial score (nSPS) is 18.6. The number of aryl methyl sites for hydroxylation is 1. The number of likely N-dealkylation sites (tertiary alicyclic amines) is 1. The van der Waals surface area contributed by atoms with Crippen LogP contribution < -0.4 is 0 Å². The first-order valence-electron chi connectivity index (χ1n) is 8.39. The van der Waals surface area contributed by atoms with E-state index in [4.69, 9.17) is 0 Å². The number of nitrogens with zero attached hydrogens (tertiary/aromatic N) is 4. The molecule has 124 valence electrons. The molecule has 1 saturated heterocycles. The Labute approximate surface area is 136 Å². The van der Waals surface area contributed by atoms with Crippen molar-refractivity contribution in [2.24, 2.45) is 13.0 Å². The average Bonchev–Trinajstić information content (AvgIpc) is 3.16. The topological polar surface area (TPSA) is 66.8 Å². The van der Waals surface area contributed by atoms with Gasteiger partial charge in [0.05, 0.1) is 17.4 Å². The Hall–Kier alpha value is -2.11. The molecule has 23 heavy (non-hydrogen) atoms. The maximum absolute atomic E-state index is 13.1. The molecular weight excluding hydrogens is 290 g/mol. The average molecular weight is 315 g/mol. The first kappa shape index (κ1) is 15.8. The van der Waals surface area contributed by atoms with Gasteiger partial charge in [-0.05, 0) is 43.7 Å². The van der Waals surface area contributed by atoms with E-state index in [1.807, 2.05) is 24.1 Å². The van der Waals surface area contributed by atoms with Crippen molar-refractivity contribution >= 4 is 5.91 Å². The number of nitrogens with one attached hydrogen (secondary N) is 1. The SMILES string of the molecule is CC(C)Cc1cc(C(=O)N2CCCCC2c2ccn[nH]2)n(C)n1. The van der Waals surface area contributed by atoms with E-state index in [-0.39, 0.29) is 11.9 Å². The van der Waals surface area contributed by atoms with Crippen LogP contribution in [0.4, 0.5) is 0 Å². The van der Waals surface area contributed by atoms with Gasteiger partial charge < -0.3 is 4.90 Å². The Morgan fingerprint density at radius 2 is 2.26 bits per heavy atom. The van der Waals surface area contributed by atoms with E-state index in [1.165, 1.54) is 0 Å². The number of hydrogen-bond donors (Lipinski definition) is 1. The van der Waals surface area contributed by atoms with Crippen LogP contribution >= 0.6 is 0 Å². The van der Waals surface area contributed by atoms with Crippen molar-refractivity contribution in [3.05, 3.63) is 35.4 Å². The Kier molecular flexibility index (Phi) is 4.50. The van der Waals surface area contributed by atoms with Crippen molar-refractivity contribution in [1.29, 1.82) is 0 Å². The van der Waals surface area contributed by atoms with Gasteiger partial charge in [-0.25, -0.2) is 0 Å². The maximum Gasteiger partial charge on any atom is 0.272 e. The Balaban J connectivity index is 1.84. The van der Waals surface area contributed by atoms with E-state index in [9.17, 15) is 4.79 Å². The number of piperidine rings is 1. The fourth-order valence-corrected chi connectivity index (χ4v) is 3.34. The van der Waals surface area contributed by atoms with Gasteiger partial charge in [0.15, 0.2) is 0 Å². The van der Waals surface area contributed by atoms with Crippen LogP contribution in [0.15, 0.2) is 18.3 Å². The summed E-state index contributed by atoms with van der Waals surface area (Å²) in [6.07, 6.45) is 5.80. The molecule has 3 rings (SSSR count). The van der Waals surface area contributed by atoms with Gasteiger partial charge in [0.2, 0.25) is 0 Å². The van der Waals surface area contributed by atoms with Crippen LogP contribution in [-0.2, 0) is 13.5 Å². The summed E-state index contributed by atoms with van der Waals surface area (Å²) < 4.78 is 1.72. The minimum absolute atomic E-state index is 0.0642. The zero-order chi connectivity index (χ0) is 16.4. The summed E-state index contributed by atoms with van der Waals surface area (Å²) in [5.41, 5.74) is 2.68. The highest BCUT2D eigenvalue weighted by molar-refractivity contribution is 5.93. The Morgan fingerprint density at radius 1 is 1.43 bits per heavy atom. The second kappa shape index (κ2) is 6.56. The minimum Gasteiger partial charge on any atom is -0.329 e. The van der Waals surface area contributed by atoms with Crippen molar-refractivity contribution in [2.75, 3.05) is 6.54 Å². The fraction of sp³-hybridized carbons (Fsp3) is 0.588. The summed E-state index contributed by atoms with van der Waals surface area (Å²) in [7, 11) is 1.85. The zero-order valence-corrected chi connectivity index (χ0v) is 14.1. The van der Waals surface area contributed by atoms with Gasteiger partial charge in [-0.2, -0.15) is 10.2 Å². The van der Waals surface area contributed by atoms with Crippen molar-refractivity contribution in [3.63, 3.8) is 0 Å². The number of H-pyrrole nitrogens is 1. The third-order valence-corrected chi connectivity index (χ3v) is 4.41. The van der Waals surface area contributed by atoms with E-state index in [0.717, 1.165) is 43.6 Å². The molecule has 1 atom stereocenters. The molecule has 0 aliphatic carbocycles. The number of carbonyl (C=O) groups excluding carboxylic acids is 1. The second-order valence-electron chi connectivity index (χ2n) is 6.76. The highest BCUT2D eigenvalue weighted by Crippen LogP contribution is 2.31. The van der Waals surface area contributed by atoms with E-state index in [2.05, 4.69) is 29.1 Å². The lowest BCUT2D eigenvalue weighted by molar-refractivity contribution is 0.0594. The summed E-state index contributed by atoms with van der Waals surface area (Å²) in [6.45, 7) is 5.11. The molecule has 3 heterocycles. The summed E-state index contributed by atoms with van der Waals surface area (Å²) in [5, 5.41) is 11.6. The third-order valence-electron chi connectivity index (χ3n) is 4.41. The second-order valence-corrected chi connectivity index (χ2v) is 6.76. The molecule has 6 heteroatoms. The molecule has 0 radical (unpaired) electrons. The van der Waals surface area contributed by atoms with Crippen LogP contribution in [0.5, 0.6) is 0 Å². The highest BCUT2D eigenvalue weighted by atomic mass is 16.2. The van der Waals surface area contributed by atoms with Crippen molar-refractivity contribution in [1.82, 2.24) is 24.9 Å². The van der Waals surface area contributed by atoms with Crippen LogP contribution in [0.1, 0.15) is 61.0 Å². The Morgan fingerprint density at radius 3 is 2.96 bits per heavy atom. The van der Waals surface area contributed by atoms with Crippen LogP contribution in [0, 0.1) is 5.92 Å². The number of amides is 1. The largest absolute Gasteiger partial charge is 0.329 e. The number of carbonyl (C=O) groups is 1. The van der Waals surface area contributed by atoms with E-state index < -0.39 is 0 Å². The fourth-order valence-electron chi connectivity index (χ4n) is 3.34. The predicted octanol–water partition coefficient (Wildman–Crippen LogP) is 2.71. The number of hydrogen-bond acceptors (Lipinski definition) is 3. The third kappa shape index (κ3) is 3.30. The smallest absolute Gasteiger partial charge is 0.272 e. The summed E-state index contributed by atoms with van der Waals surface area (Å²) >= 11 is 0. The lowest BCUT2D eigenvalue weighted by Gasteiger charge is -2.35. The van der Waals surface area contributed by atoms with Crippen molar-refractivity contribution in [3.8, 4) is 0 Å². The van der Waals surface area contributed by atoms with Crippen molar-refractivity contribution in [2.45, 2.75) is 45.6 Å². The van der Waals surface area contributed by atoms with Gasteiger partial charge in [-0.15, -0.1) is 0 Å². The molecular formula is C17H25N5O. The van der Waals surface area contributed by atoms with Gasteiger partial charge >= 0.3 is 0 Å². The first-order chi connectivity index (χ1) is 11.1. The molecule has 2 aromatic heterocycles. The quantitative estimate of drug-likeness (QED) is 0.943. The first-order valence-corrected chi connectivity index (χ1v) is 8.39. The maximum atomic E-state index is 13.1. The van der Waals surface area contributed by atoms with E-state index in [1.54, 1.807) is 10.9 Å². The standard InChI is InChI=1S/C17H25N5O/c1-12(2)10-13-11-16(21(3)20-13)17(23)22-9-5-4-6-15(22)14-7-8-18-19-14/h7-8,11-12,15H,4-6,9-10H2,1-3H3,(H,18,19). The van der Waals surface area contributed by atoms with Gasteiger partial charge in [0, 0.05) is 19.8 Å². The molecule has 1 N–H and O–H groups in total. The van der Waals surface area contributed by atoms with Crippen LogP contribution in [0.2, 0.25) is 0 Å². The van der Waals surface area contributed by atoms with Gasteiger partial charge in [0.25, 0.3) is 5.91 Å². The molecule has 0 spiro atoms. The number of aromatic nitrogens is 4. The van der Waals surface area contributed by atoms with Gasteiger partial charge in [-0.3, -0.25) is 14.6 Å². The molecule has 1 amide bonds. The molecule has 1 aliphatic rings. The van der Waals surface area contributed by atoms with Crippen LogP contribution in [0.25, 0.3) is 0 Å². The van der Waals surface area contributed by atoms with Gasteiger partial charge in [-0.1, -0.05) is 13.8 Å². The molecule has 2 aromatic rings. The lowest BCUT2D eigenvalue weighted by Crippen LogP contribution is -2.39. The lowest BCUT2D eigenvalue weighted by atomic mass is 9.99. The zero-order valence-electron chi connectivity index (χ0n) is 14.1. The summed E-state index contributed by atoms with van der Waals surface area (Å²) in [5.74, 6) is 0.592. The molecule has 0 bridgehead atoms. The molecule has 1 aliphatic heterocycles. The number of aromatic amines is 1. The molecule has 1 unspecified atom stereocenters. The van der Waals surface area contributed by atoms with E-state index in [0.29, 0.717) is 11.6 Å². The molecule has 0 saturated carbocycles. The predicted molar refractivity (Wildman–Crippen MR) is 88.0 cm³/mol. The summed E-state index contributed by atoms with van der Waals surface area (Å²) in [6, 6.07) is 3.99. The Bertz CT molecular complexity index is 659. The minimum atomic E-state index is 0.0642. The van der Waals surface area contributed by atoms with E-state index >= 15 is 0 Å². The van der Waals surface area contributed by atoms with Gasteiger partial charge in [0.1, 0.15) is 5.69 Å². The summed E-state index contributed by atoms with van der Waals surface area (Å²) in [4.78, 5) is 15.0. The highest BCUT2D eigenvalue weighted by Gasteiger charge is 2.31. The van der Waals surface area contributed by atoms with Crippen molar-refractivity contribution < 1.29 is 4.79 Å². The van der Waals surface area contributed by atoms with Crippen LogP contribution in [-0.4, -0.2) is 37.3 Å². The molecule has 1 fully saturated rings. The molecule has 0 aromatic carbocycles. The molecule has 6 nitrogen and oxygen atoms in total. The van der Waals surface area contributed by atoms with Crippen LogP contribution in [0.3, 0.4) is 0 Å². The number of rotatable bonds is 4. The monoisotopic (exact) mass is 315 g/mol.